The molecular weight excluding hydrogens is 342 g/mol. The van der Waals surface area contributed by atoms with Gasteiger partial charge in [0.25, 0.3) is 0 Å². The summed E-state index contributed by atoms with van der Waals surface area (Å²) in [5.41, 5.74) is 5.04. The number of H-pyrrole nitrogens is 1. The van der Waals surface area contributed by atoms with E-state index in [-0.39, 0.29) is 5.75 Å². The lowest BCUT2D eigenvalue weighted by Gasteiger charge is -2.11. The van der Waals surface area contributed by atoms with Gasteiger partial charge in [-0.3, -0.25) is 9.67 Å². The topological polar surface area (TPSA) is 53.8 Å². The van der Waals surface area contributed by atoms with E-state index < -0.39 is 0 Å². The van der Waals surface area contributed by atoms with Gasteiger partial charge < -0.3 is 5.11 Å². The number of nitrogens with zero attached hydrogens (tertiary/aromatic N) is 2. The van der Waals surface area contributed by atoms with E-state index in [4.69, 9.17) is 12.2 Å². The van der Waals surface area contributed by atoms with Gasteiger partial charge in [0.05, 0.1) is 5.69 Å². The number of hydrogen-bond acceptors (Lipinski definition) is 3. The van der Waals surface area contributed by atoms with Crippen LogP contribution in [0.5, 0.6) is 5.75 Å². The van der Waals surface area contributed by atoms with Crippen molar-refractivity contribution in [3.05, 3.63) is 83.1 Å². The van der Waals surface area contributed by atoms with Gasteiger partial charge in [-0.1, -0.05) is 42.5 Å². The zero-order valence-corrected chi connectivity index (χ0v) is 15.0. The molecule has 26 heavy (non-hydrogen) atoms. The maximum atomic E-state index is 9.68. The Bertz CT molecular complexity index is 1130. The zero-order chi connectivity index (χ0) is 18.1. The van der Waals surface area contributed by atoms with Crippen LogP contribution in [0, 0.1) is 11.7 Å². The monoisotopic (exact) mass is 359 g/mol. The minimum atomic E-state index is 0.234. The van der Waals surface area contributed by atoms with Crippen LogP contribution in [0.3, 0.4) is 0 Å². The third-order valence-corrected chi connectivity index (χ3v) is 4.61. The molecule has 5 heteroatoms. The van der Waals surface area contributed by atoms with Crippen LogP contribution < -0.4 is 0 Å². The molecule has 0 unspecified atom stereocenters. The van der Waals surface area contributed by atoms with Gasteiger partial charge in [0.2, 0.25) is 0 Å². The summed E-state index contributed by atoms with van der Waals surface area (Å²) >= 11 is 5.48. The first-order chi connectivity index (χ1) is 12.6. The van der Waals surface area contributed by atoms with Crippen molar-refractivity contribution in [2.75, 3.05) is 0 Å². The normalized spacial score (nSPS) is 10.8. The molecule has 0 aliphatic rings. The molecule has 0 saturated heterocycles. The standard InChI is InChI=1S/C21H17N3OS/c1-14-12-18(25)10-11-19(14)20-22-23-21(26)24(20)17-9-5-8-16(13-17)15-6-3-2-4-7-15/h2-13,25H,1H3,(H,23,26). The number of aromatic hydroxyl groups is 1. The van der Waals surface area contributed by atoms with Gasteiger partial charge >= 0.3 is 0 Å². The van der Waals surface area contributed by atoms with Gasteiger partial charge in [0.1, 0.15) is 5.75 Å². The van der Waals surface area contributed by atoms with Crippen LogP contribution >= 0.6 is 12.2 Å². The highest BCUT2D eigenvalue weighted by molar-refractivity contribution is 7.71. The van der Waals surface area contributed by atoms with Crippen molar-refractivity contribution >= 4 is 12.2 Å². The van der Waals surface area contributed by atoms with Crippen LogP contribution in [-0.2, 0) is 0 Å². The van der Waals surface area contributed by atoms with Crippen LogP contribution in [0.4, 0.5) is 0 Å². The Morgan fingerprint density at radius 1 is 0.923 bits per heavy atom. The molecule has 128 valence electrons. The number of aromatic amines is 1. The maximum Gasteiger partial charge on any atom is 0.200 e. The van der Waals surface area contributed by atoms with Crippen LogP contribution in [0.15, 0.2) is 72.8 Å². The molecule has 0 bridgehead atoms. The molecule has 4 nitrogen and oxygen atoms in total. The quantitative estimate of drug-likeness (QED) is 0.490. The van der Waals surface area contributed by atoms with Crippen LogP contribution in [0.2, 0.25) is 0 Å². The van der Waals surface area contributed by atoms with Crippen molar-refractivity contribution < 1.29 is 5.11 Å². The van der Waals surface area contributed by atoms with Crippen molar-refractivity contribution in [1.82, 2.24) is 14.8 Å². The molecule has 4 rings (SSSR count). The van der Waals surface area contributed by atoms with Gasteiger partial charge in [-0.15, -0.1) is 0 Å². The van der Waals surface area contributed by atoms with Crippen LogP contribution in [0.25, 0.3) is 28.2 Å². The number of phenolic OH excluding ortho intramolecular Hbond substituents is 1. The minimum absolute atomic E-state index is 0.234. The highest BCUT2D eigenvalue weighted by Gasteiger charge is 2.14. The highest BCUT2D eigenvalue weighted by atomic mass is 32.1. The Kier molecular flexibility index (Phi) is 4.14. The first kappa shape index (κ1) is 16.3. The summed E-state index contributed by atoms with van der Waals surface area (Å²) < 4.78 is 2.44. The van der Waals surface area contributed by atoms with E-state index in [1.54, 1.807) is 12.1 Å². The fourth-order valence-electron chi connectivity index (χ4n) is 3.07. The Hall–Kier alpha value is -3.18. The minimum Gasteiger partial charge on any atom is -0.508 e. The summed E-state index contributed by atoms with van der Waals surface area (Å²) in [6.45, 7) is 1.94. The van der Waals surface area contributed by atoms with Crippen molar-refractivity contribution in [3.8, 4) is 34.0 Å². The van der Waals surface area contributed by atoms with Gasteiger partial charge in [-0.05, 0) is 66.2 Å². The molecule has 0 aliphatic carbocycles. The summed E-state index contributed by atoms with van der Waals surface area (Å²) in [6, 6.07) is 23.6. The van der Waals surface area contributed by atoms with Gasteiger partial charge in [-0.2, -0.15) is 5.10 Å². The first-order valence-corrected chi connectivity index (χ1v) is 8.67. The highest BCUT2D eigenvalue weighted by Crippen LogP contribution is 2.29. The molecule has 0 fully saturated rings. The average molecular weight is 359 g/mol. The summed E-state index contributed by atoms with van der Waals surface area (Å²) in [5, 5.41) is 17.0. The van der Waals surface area contributed by atoms with Crippen molar-refractivity contribution in [2.24, 2.45) is 0 Å². The third kappa shape index (κ3) is 2.93. The number of phenols is 1. The molecule has 4 aromatic rings. The van der Waals surface area contributed by atoms with E-state index in [1.807, 2.05) is 47.9 Å². The molecule has 2 N–H and O–H groups in total. The summed E-state index contributed by atoms with van der Waals surface area (Å²) in [7, 11) is 0. The lowest BCUT2D eigenvalue weighted by Crippen LogP contribution is -1.99. The van der Waals surface area contributed by atoms with Crippen molar-refractivity contribution in [2.45, 2.75) is 6.92 Å². The van der Waals surface area contributed by atoms with E-state index in [9.17, 15) is 5.11 Å². The second-order valence-electron chi connectivity index (χ2n) is 6.10. The van der Waals surface area contributed by atoms with E-state index in [0.29, 0.717) is 4.77 Å². The number of rotatable bonds is 3. The molecule has 1 aromatic heterocycles. The Balaban J connectivity index is 1.88. The molecule has 0 radical (unpaired) electrons. The number of aryl methyl sites for hydroxylation is 1. The Morgan fingerprint density at radius 2 is 1.69 bits per heavy atom. The van der Waals surface area contributed by atoms with Gasteiger partial charge in [0.15, 0.2) is 10.6 Å². The molecule has 0 spiro atoms. The smallest absolute Gasteiger partial charge is 0.200 e. The Morgan fingerprint density at radius 3 is 2.46 bits per heavy atom. The largest absolute Gasteiger partial charge is 0.508 e. The maximum absolute atomic E-state index is 9.68. The fourth-order valence-corrected chi connectivity index (χ4v) is 3.31. The van der Waals surface area contributed by atoms with Crippen molar-refractivity contribution in [1.29, 1.82) is 0 Å². The molecular formula is C21H17N3OS. The first-order valence-electron chi connectivity index (χ1n) is 8.27. The lowest BCUT2D eigenvalue weighted by molar-refractivity contribution is 0.475. The molecule has 1 heterocycles. The number of benzene rings is 3. The van der Waals surface area contributed by atoms with E-state index in [0.717, 1.165) is 33.8 Å². The fraction of sp³-hybridized carbons (Fsp3) is 0.0476. The SMILES string of the molecule is Cc1cc(O)ccc1-c1n[nH]c(=S)n1-c1cccc(-c2ccccc2)c1. The zero-order valence-electron chi connectivity index (χ0n) is 14.2. The predicted molar refractivity (Wildman–Crippen MR) is 106 cm³/mol. The van der Waals surface area contributed by atoms with Crippen molar-refractivity contribution in [3.63, 3.8) is 0 Å². The van der Waals surface area contributed by atoms with Gasteiger partial charge in [-0.25, -0.2) is 0 Å². The molecule has 3 aromatic carbocycles. The van der Waals surface area contributed by atoms with E-state index in [2.05, 4.69) is 34.5 Å². The summed E-state index contributed by atoms with van der Waals surface area (Å²) in [6.07, 6.45) is 0. The van der Waals surface area contributed by atoms with E-state index >= 15 is 0 Å². The number of aromatic nitrogens is 3. The summed E-state index contributed by atoms with van der Waals surface area (Å²) in [5.74, 6) is 0.954. The number of hydrogen-bond donors (Lipinski definition) is 2. The summed E-state index contributed by atoms with van der Waals surface area (Å²) in [4.78, 5) is 0. The molecule has 0 saturated carbocycles. The molecule has 0 amide bonds. The Labute approximate surface area is 156 Å². The second kappa shape index (κ2) is 6.61. The van der Waals surface area contributed by atoms with Crippen LogP contribution in [0.1, 0.15) is 5.56 Å². The number of nitrogens with one attached hydrogen (secondary N) is 1. The van der Waals surface area contributed by atoms with Crippen LogP contribution in [-0.4, -0.2) is 19.9 Å². The second-order valence-corrected chi connectivity index (χ2v) is 6.49. The molecule has 0 atom stereocenters. The average Bonchev–Trinajstić information content (AvgIpc) is 3.04. The lowest BCUT2D eigenvalue weighted by atomic mass is 10.0. The third-order valence-electron chi connectivity index (χ3n) is 4.33. The van der Waals surface area contributed by atoms with Gasteiger partial charge in [0, 0.05) is 5.56 Å². The van der Waals surface area contributed by atoms with E-state index in [1.165, 1.54) is 0 Å². The predicted octanol–water partition coefficient (Wildman–Crippen LogP) is 5.28. The molecule has 0 aliphatic heterocycles.